The van der Waals surface area contributed by atoms with Crippen LogP contribution in [0.2, 0.25) is 0 Å². The highest BCUT2D eigenvalue weighted by atomic mass is 35.5. The molecule has 0 unspecified atom stereocenters. The fraction of sp³-hybridized carbons (Fsp3) is 0.538. The Kier molecular flexibility index (Phi) is 10.7. The van der Waals surface area contributed by atoms with Gasteiger partial charge in [-0.15, -0.1) is 12.4 Å². The molecule has 110 valence electrons. The van der Waals surface area contributed by atoms with Crippen LogP contribution in [0.1, 0.15) is 5.56 Å². The molecule has 6 heteroatoms. The Morgan fingerprint density at radius 3 is 2.42 bits per heavy atom. The molecule has 0 aliphatic rings. The fourth-order valence-electron chi connectivity index (χ4n) is 1.66. The van der Waals surface area contributed by atoms with E-state index in [-0.39, 0.29) is 12.4 Å². The minimum absolute atomic E-state index is 0. The van der Waals surface area contributed by atoms with E-state index in [9.17, 15) is 8.78 Å². The highest BCUT2D eigenvalue weighted by Crippen LogP contribution is 2.04. The van der Waals surface area contributed by atoms with Crippen LogP contribution >= 0.6 is 12.4 Å². The molecule has 0 saturated heterocycles. The smallest absolute Gasteiger partial charge is 0.261 e. The SMILES string of the molecule is Cl.NCCN(CCOCC(F)F)Cc1ccccc1. The summed E-state index contributed by atoms with van der Waals surface area (Å²) in [5.74, 6) is 0. The second-order valence-corrected chi connectivity index (χ2v) is 4.02. The Hall–Kier alpha value is -0.750. The fourth-order valence-corrected chi connectivity index (χ4v) is 1.66. The maximum Gasteiger partial charge on any atom is 0.261 e. The third-order valence-corrected chi connectivity index (χ3v) is 2.49. The Balaban J connectivity index is 0.00000324. The minimum Gasteiger partial charge on any atom is -0.374 e. The van der Waals surface area contributed by atoms with E-state index in [2.05, 4.69) is 4.90 Å². The van der Waals surface area contributed by atoms with Gasteiger partial charge in [0.1, 0.15) is 6.61 Å². The monoisotopic (exact) mass is 294 g/mol. The predicted molar refractivity (Wildman–Crippen MR) is 74.8 cm³/mol. The summed E-state index contributed by atoms with van der Waals surface area (Å²) in [6, 6.07) is 9.97. The zero-order valence-electron chi connectivity index (χ0n) is 10.8. The van der Waals surface area contributed by atoms with Crippen molar-refractivity contribution in [2.24, 2.45) is 5.73 Å². The molecule has 0 bridgehead atoms. The molecule has 19 heavy (non-hydrogen) atoms. The third-order valence-electron chi connectivity index (χ3n) is 2.49. The van der Waals surface area contributed by atoms with Crippen LogP contribution in [-0.4, -0.2) is 44.2 Å². The zero-order valence-corrected chi connectivity index (χ0v) is 11.6. The van der Waals surface area contributed by atoms with Crippen molar-refractivity contribution in [2.45, 2.75) is 13.0 Å². The first kappa shape index (κ1) is 18.2. The summed E-state index contributed by atoms with van der Waals surface area (Å²) in [6.07, 6.45) is -2.40. The van der Waals surface area contributed by atoms with Crippen LogP contribution in [0.25, 0.3) is 0 Å². The van der Waals surface area contributed by atoms with E-state index < -0.39 is 13.0 Å². The lowest BCUT2D eigenvalue weighted by Crippen LogP contribution is -2.32. The Bertz CT molecular complexity index is 315. The molecule has 1 rings (SSSR count). The summed E-state index contributed by atoms with van der Waals surface area (Å²) in [6.45, 7) is 2.45. The molecule has 0 radical (unpaired) electrons. The van der Waals surface area contributed by atoms with Gasteiger partial charge in [0, 0.05) is 26.2 Å². The van der Waals surface area contributed by atoms with Gasteiger partial charge < -0.3 is 10.5 Å². The number of ether oxygens (including phenoxy) is 1. The van der Waals surface area contributed by atoms with Crippen molar-refractivity contribution in [2.75, 3.05) is 32.8 Å². The molecule has 0 amide bonds. The van der Waals surface area contributed by atoms with Crippen LogP contribution in [0.15, 0.2) is 30.3 Å². The first-order valence-corrected chi connectivity index (χ1v) is 6.04. The van der Waals surface area contributed by atoms with E-state index >= 15 is 0 Å². The van der Waals surface area contributed by atoms with Crippen molar-refractivity contribution in [3.05, 3.63) is 35.9 Å². The van der Waals surface area contributed by atoms with Crippen LogP contribution < -0.4 is 5.73 Å². The molecule has 0 aliphatic carbocycles. The van der Waals surface area contributed by atoms with Gasteiger partial charge in [0.05, 0.1) is 6.61 Å². The van der Waals surface area contributed by atoms with Crippen molar-refractivity contribution >= 4 is 12.4 Å². The minimum atomic E-state index is -2.40. The number of alkyl halides is 2. The van der Waals surface area contributed by atoms with Crippen LogP contribution in [0.4, 0.5) is 8.78 Å². The van der Waals surface area contributed by atoms with Gasteiger partial charge in [0.25, 0.3) is 6.43 Å². The Morgan fingerprint density at radius 1 is 1.16 bits per heavy atom. The average Bonchev–Trinajstić information content (AvgIpc) is 2.36. The number of benzene rings is 1. The third kappa shape index (κ3) is 8.88. The Morgan fingerprint density at radius 2 is 1.84 bits per heavy atom. The van der Waals surface area contributed by atoms with E-state index in [1.54, 1.807) is 0 Å². The van der Waals surface area contributed by atoms with Gasteiger partial charge in [-0.25, -0.2) is 8.78 Å². The normalized spacial score (nSPS) is 10.8. The van der Waals surface area contributed by atoms with E-state index in [0.29, 0.717) is 19.7 Å². The number of halogens is 3. The molecule has 0 saturated carbocycles. The number of hydrogen-bond donors (Lipinski definition) is 1. The van der Waals surface area contributed by atoms with Gasteiger partial charge in [0.15, 0.2) is 0 Å². The van der Waals surface area contributed by atoms with Gasteiger partial charge in [0.2, 0.25) is 0 Å². The lowest BCUT2D eigenvalue weighted by molar-refractivity contribution is 0.00933. The van der Waals surface area contributed by atoms with E-state index in [0.717, 1.165) is 13.1 Å². The second kappa shape index (κ2) is 11.1. The number of hydrogen-bond acceptors (Lipinski definition) is 3. The van der Waals surface area contributed by atoms with Crippen molar-refractivity contribution in [1.29, 1.82) is 0 Å². The van der Waals surface area contributed by atoms with Gasteiger partial charge in [-0.1, -0.05) is 30.3 Å². The number of rotatable bonds is 9. The summed E-state index contributed by atoms with van der Waals surface area (Å²) in [7, 11) is 0. The molecular formula is C13H21ClF2N2O. The lowest BCUT2D eigenvalue weighted by atomic mass is 10.2. The molecule has 1 aromatic carbocycles. The van der Waals surface area contributed by atoms with Crippen LogP contribution in [0.3, 0.4) is 0 Å². The number of nitrogens with two attached hydrogens (primary N) is 1. The molecule has 0 fully saturated rings. The van der Waals surface area contributed by atoms with E-state index in [1.807, 2.05) is 30.3 Å². The lowest BCUT2D eigenvalue weighted by Gasteiger charge is -2.21. The standard InChI is InChI=1S/C13H20F2N2O.ClH/c14-13(15)11-18-9-8-17(7-6-16)10-12-4-2-1-3-5-12;/h1-5,13H,6-11,16H2;1H. The van der Waals surface area contributed by atoms with Crippen molar-refractivity contribution in [1.82, 2.24) is 4.90 Å². The van der Waals surface area contributed by atoms with E-state index in [1.165, 1.54) is 5.56 Å². The summed E-state index contributed by atoms with van der Waals surface area (Å²) < 4.78 is 28.7. The highest BCUT2D eigenvalue weighted by Gasteiger charge is 2.06. The topological polar surface area (TPSA) is 38.5 Å². The highest BCUT2D eigenvalue weighted by molar-refractivity contribution is 5.85. The molecule has 0 heterocycles. The van der Waals surface area contributed by atoms with Crippen molar-refractivity contribution in [3.8, 4) is 0 Å². The van der Waals surface area contributed by atoms with Gasteiger partial charge >= 0.3 is 0 Å². The zero-order chi connectivity index (χ0) is 13.2. The number of nitrogens with zero attached hydrogens (tertiary/aromatic N) is 1. The molecule has 3 nitrogen and oxygen atoms in total. The summed E-state index contributed by atoms with van der Waals surface area (Å²) in [5, 5.41) is 0. The molecule has 0 atom stereocenters. The quantitative estimate of drug-likeness (QED) is 0.709. The second-order valence-electron chi connectivity index (χ2n) is 4.02. The van der Waals surface area contributed by atoms with E-state index in [4.69, 9.17) is 10.5 Å². The molecule has 1 aromatic rings. The average molecular weight is 295 g/mol. The van der Waals surface area contributed by atoms with Crippen LogP contribution in [0.5, 0.6) is 0 Å². The summed E-state index contributed by atoms with van der Waals surface area (Å²) >= 11 is 0. The van der Waals surface area contributed by atoms with Gasteiger partial charge in [-0.3, -0.25) is 4.90 Å². The molecule has 0 aromatic heterocycles. The summed E-state index contributed by atoms with van der Waals surface area (Å²) in [4.78, 5) is 2.10. The van der Waals surface area contributed by atoms with Gasteiger partial charge in [-0.05, 0) is 5.56 Å². The predicted octanol–water partition coefficient (Wildman–Crippen LogP) is 2.15. The van der Waals surface area contributed by atoms with Gasteiger partial charge in [-0.2, -0.15) is 0 Å². The maximum atomic E-state index is 11.9. The largest absolute Gasteiger partial charge is 0.374 e. The first-order chi connectivity index (χ1) is 8.72. The van der Waals surface area contributed by atoms with Crippen molar-refractivity contribution in [3.63, 3.8) is 0 Å². The summed E-state index contributed by atoms with van der Waals surface area (Å²) in [5.41, 5.74) is 6.71. The van der Waals surface area contributed by atoms with Crippen LogP contribution in [-0.2, 0) is 11.3 Å². The molecule has 0 spiro atoms. The molecular weight excluding hydrogens is 274 g/mol. The maximum absolute atomic E-state index is 11.9. The van der Waals surface area contributed by atoms with Crippen LogP contribution in [0, 0.1) is 0 Å². The molecule has 0 aliphatic heterocycles. The Labute approximate surface area is 119 Å². The van der Waals surface area contributed by atoms with Crippen molar-refractivity contribution < 1.29 is 13.5 Å². The first-order valence-electron chi connectivity index (χ1n) is 6.04. The molecule has 2 N–H and O–H groups in total.